The lowest BCUT2D eigenvalue weighted by Gasteiger charge is -2.15. The zero-order valence-electron chi connectivity index (χ0n) is 25.8. The Morgan fingerprint density at radius 3 is 1.71 bits per heavy atom. The van der Waals surface area contributed by atoms with Gasteiger partial charge in [0, 0.05) is 27.4 Å². The lowest BCUT2D eigenvalue weighted by atomic mass is 9.95. The molecule has 0 N–H and O–H groups in total. The zero-order chi connectivity index (χ0) is 32.2. The smallest absolute Gasteiger partial charge is 0.188 e. The Balaban J connectivity index is 1.19. The van der Waals surface area contributed by atoms with Gasteiger partial charge in [-0.1, -0.05) is 91.0 Å². The summed E-state index contributed by atoms with van der Waals surface area (Å²) >= 11 is 0. The van der Waals surface area contributed by atoms with Gasteiger partial charge in [-0.05, 0) is 88.8 Å². The molecular weight excluding hydrogens is 585 g/mol. The van der Waals surface area contributed by atoms with Crippen LogP contribution in [0.4, 0.5) is 5.69 Å². The van der Waals surface area contributed by atoms with Crippen molar-refractivity contribution in [1.82, 2.24) is 9.13 Å². The van der Waals surface area contributed by atoms with Gasteiger partial charge in [0.1, 0.15) is 0 Å². The maximum absolute atomic E-state index is 10.2. The SMILES string of the molecule is [C-]#[N+]c1ccc2c(c1)c1ccccc1n2-c1ccccc1-c1cc(C#N)cc(-c2ccc(-n3c4ccccc4c4ccccc43)cc2)c1. The van der Waals surface area contributed by atoms with E-state index in [0.29, 0.717) is 11.3 Å². The van der Waals surface area contributed by atoms with Crippen molar-refractivity contribution < 1.29 is 0 Å². The minimum atomic E-state index is 0.604. The molecule has 0 saturated carbocycles. The number of benzene rings is 7. The van der Waals surface area contributed by atoms with E-state index in [4.69, 9.17) is 6.57 Å². The first-order valence-corrected chi connectivity index (χ1v) is 15.9. The summed E-state index contributed by atoms with van der Waals surface area (Å²) in [5, 5.41) is 14.8. The largest absolute Gasteiger partial charge is 0.309 e. The second kappa shape index (κ2) is 10.9. The number of hydrogen-bond donors (Lipinski definition) is 0. The van der Waals surface area contributed by atoms with Crippen LogP contribution in [0.3, 0.4) is 0 Å². The van der Waals surface area contributed by atoms with Crippen LogP contribution in [0.25, 0.3) is 82.1 Å². The molecule has 9 rings (SSSR count). The molecule has 7 aromatic carbocycles. The van der Waals surface area contributed by atoms with Gasteiger partial charge in [0.05, 0.1) is 46.0 Å². The van der Waals surface area contributed by atoms with Gasteiger partial charge in [-0.15, -0.1) is 0 Å². The second-order valence-electron chi connectivity index (χ2n) is 12.0. The average Bonchev–Trinajstić information content (AvgIpc) is 3.67. The van der Waals surface area contributed by atoms with E-state index in [1.165, 1.54) is 21.8 Å². The van der Waals surface area contributed by atoms with Crippen molar-refractivity contribution in [1.29, 1.82) is 5.26 Å². The number of hydrogen-bond acceptors (Lipinski definition) is 1. The Kier molecular flexibility index (Phi) is 6.22. The van der Waals surface area contributed by atoms with Crippen molar-refractivity contribution >= 4 is 49.3 Å². The fourth-order valence-corrected chi connectivity index (χ4v) is 7.22. The number of para-hydroxylation sites is 4. The number of aromatic nitrogens is 2. The molecule has 2 heterocycles. The first kappa shape index (κ1) is 27.4. The summed E-state index contributed by atoms with van der Waals surface area (Å²) < 4.78 is 4.58. The lowest BCUT2D eigenvalue weighted by Crippen LogP contribution is -1.97. The van der Waals surface area contributed by atoms with E-state index >= 15 is 0 Å². The second-order valence-corrected chi connectivity index (χ2v) is 12.0. The third kappa shape index (κ3) is 4.22. The van der Waals surface area contributed by atoms with Crippen molar-refractivity contribution in [2.24, 2.45) is 0 Å². The predicted octanol–water partition coefficient (Wildman–Crippen LogP) is 11.6. The zero-order valence-corrected chi connectivity index (χ0v) is 25.8. The van der Waals surface area contributed by atoms with Crippen molar-refractivity contribution in [3.8, 4) is 39.7 Å². The fourth-order valence-electron chi connectivity index (χ4n) is 7.22. The van der Waals surface area contributed by atoms with Crippen LogP contribution in [0, 0.1) is 17.9 Å². The summed E-state index contributed by atoms with van der Waals surface area (Å²) in [4.78, 5) is 3.69. The molecule has 0 amide bonds. The summed E-state index contributed by atoms with van der Waals surface area (Å²) in [7, 11) is 0. The molecule has 9 aromatic rings. The Labute approximate surface area is 277 Å². The molecule has 0 aliphatic heterocycles. The maximum Gasteiger partial charge on any atom is 0.188 e. The molecule has 0 saturated heterocycles. The van der Waals surface area contributed by atoms with E-state index in [-0.39, 0.29) is 0 Å². The van der Waals surface area contributed by atoms with E-state index in [1.54, 1.807) is 0 Å². The summed E-state index contributed by atoms with van der Waals surface area (Å²) in [5.41, 5.74) is 11.8. The van der Waals surface area contributed by atoms with Crippen LogP contribution in [0.5, 0.6) is 0 Å². The molecule has 48 heavy (non-hydrogen) atoms. The van der Waals surface area contributed by atoms with E-state index in [9.17, 15) is 5.26 Å². The van der Waals surface area contributed by atoms with Crippen LogP contribution in [0.15, 0.2) is 158 Å². The molecule has 0 fully saturated rings. The van der Waals surface area contributed by atoms with Gasteiger partial charge < -0.3 is 9.13 Å². The molecule has 222 valence electrons. The Morgan fingerprint density at radius 1 is 0.479 bits per heavy atom. The highest BCUT2D eigenvalue weighted by Gasteiger charge is 2.17. The van der Waals surface area contributed by atoms with Crippen molar-refractivity contribution in [2.75, 3.05) is 0 Å². The van der Waals surface area contributed by atoms with E-state index in [1.807, 2.05) is 48.5 Å². The summed E-state index contributed by atoms with van der Waals surface area (Å²) in [6, 6.07) is 56.8. The van der Waals surface area contributed by atoms with Crippen LogP contribution in [0.2, 0.25) is 0 Å². The van der Waals surface area contributed by atoms with Gasteiger partial charge in [0.2, 0.25) is 0 Å². The first-order chi connectivity index (χ1) is 23.7. The number of rotatable bonds is 4. The molecule has 0 radical (unpaired) electrons. The van der Waals surface area contributed by atoms with E-state index in [2.05, 4.69) is 129 Å². The highest BCUT2D eigenvalue weighted by molar-refractivity contribution is 6.11. The number of fused-ring (bicyclic) bond motifs is 6. The highest BCUT2D eigenvalue weighted by atomic mass is 15.0. The van der Waals surface area contributed by atoms with Gasteiger partial charge in [0.25, 0.3) is 0 Å². The lowest BCUT2D eigenvalue weighted by molar-refractivity contribution is 1.18. The summed E-state index contributed by atoms with van der Waals surface area (Å²) in [6.45, 7) is 7.58. The van der Waals surface area contributed by atoms with Gasteiger partial charge in [-0.3, -0.25) is 0 Å². The third-order valence-electron chi connectivity index (χ3n) is 9.34. The molecular formula is C44H26N4. The fraction of sp³-hybridized carbons (Fsp3) is 0. The molecule has 0 spiro atoms. The normalized spacial score (nSPS) is 11.3. The topological polar surface area (TPSA) is 38.0 Å². The Bertz CT molecular complexity index is 2750. The molecule has 4 heteroatoms. The number of nitrogens with zero attached hydrogens (tertiary/aromatic N) is 4. The first-order valence-electron chi connectivity index (χ1n) is 15.9. The van der Waals surface area contributed by atoms with E-state index < -0.39 is 0 Å². The van der Waals surface area contributed by atoms with Crippen molar-refractivity contribution in [3.63, 3.8) is 0 Å². The van der Waals surface area contributed by atoms with Crippen LogP contribution in [0.1, 0.15) is 5.56 Å². The average molecular weight is 611 g/mol. The maximum atomic E-state index is 10.2. The van der Waals surface area contributed by atoms with Crippen molar-refractivity contribution in [3.05, 3.63) is 175 Å². The van der Waals surface area contributed by atoms with Crippen LogP contribution in [-0.2, 0) is 0 Å². The summed E-state index contributed by atoms with van der Waals surface area (Å²) in [5.74, 6) is 0. The van der Waals surface area contributed by atoms with Crippen LogP contribution < -0.4 is 0 Å². The van der Waals surface area contributed by atoms with Gasteiger partial charge >= 0.3 is 0 Å². The molecule has 0 bridgehead atoms. The standard InChI is InChI=1S/C44H26N4/c1-46-33-20-23-44-39(27-33)38-13-5-9-17-43(38)48(44)40-14-6-2-10-35(40)32-25-29(28-45)24-31(26-32)30-18-21-34(22-19-30)47-41-15-7-3-11-36(41)37-12-4-8-16-42(37)47/h2-27H. The van der Waals surface area contributed by atoms with Crippen LogP contribution >= 0.6 is 0 Å². The molecule has 0 aliphatic rings. The van der Waals surface area contributed by atoms with Gasteiger partial charge in [-0.25, -0.2) is 4.85 Å². The molecule has 0 atom stereocenters. The van der Waals surface area contributed by atoms with Gasteiger partial charge in [0.15, 0.2) is 5.69 Å². The van der Waals surface area contributed by atoms with Crippen molar-refractivity contribution in [2.45, 2.75) is 0 Å². The quantitative estimate of drug-likeness (QED) is 0.183. The summed E-state index contributed by atoms with van der Waals surface area (Å²) in [6.07, 6.45) is 0. The molecule has 4 nitrogen and oxygen atoms in total. The Morgan fingerprint density at radius 2 is 1.04 bits per heavy atom. The van der Waals surface area contributed by atoms with Gasteiger partial charge in [-0.2, -0.15) is 5.26 Å². The monoisotopic (exact) mass is 610 g/mol. The number of nitriles is 1. The predicted molar refractivity (Wildman–Crippen MR) is 197 cm³/mol. The minimum absolute atomic E-state index is 0.604. The third-order valence-corrected chi connectivity index (χ3v) is 9.34. The molecule has 0 aliphatic carbocycles. The Hall–Kier alpha value is -6.88. The van der Waals surface area contributed by atoms with Crippen LogP contribution in [-0.4, -0.2) is 9.13 Å². The highest BCUT2D eigenvalue weighted by Crippen LogP contribution is 2.39. The van der Waals surface area contributed by atoms with E-state index in [0.717, 1.165) is 55.4 Å². The molecule has 2 aromatic heterocycles. The molecule has 0 unspecified atom stereocenters. The minimum Gasteiger partial charge on any atom is -0.309 e.